The SMILES string of the molecule is O=C(CN1C(=O)c2ccccc2S1(=O)=O)NCCCc1ccccc1Cl. The molecule has 0 spiro atoms. The average molecular weight is 393 g/mol. The average Bonchev–Trinajstić information content (AvgIpc) is 2.81. The third-order valence-electron chi connectivity index (χ3n) is 4.10. The zero-order valence-electron chi connectivity index (χ0n) is 13.8. The van der Waals surface area contributed by atoms with E-state index in [1.165, 1.54) is 12.1 Å². The van der Waals surface area contributed by atoms with Crippen LogP contribution in [-0.4, -0.2) is 37.6 Å². The second-order valence-corrected chi connectivity index (χ2v) is 8.10. The predicted molar refractivity (Wildman–Crippen MR) is 97.4 cm³/mol. The highest BCUT2D eigenvalue weighted by Gasteiger charge is 2.41. The number of hydrogen-bond acceptors (Lipinski definition) is 4. The Bertz CT molecular complexity index is 959. The van der Waals surface area contributed by atoms with Gasteiger partial charge in [-0.1, -0.05) is 41.9 Å². The van der Waals surface area contributed by atoms with E-state index in [0.29, 0.717) is 28.7 Å². The molecule has 0 fully saturated rings. The van der Waals surface area contributed by atoms with Crippen LogP contribution in [0.4, 0.5) is 0 Å². The topological polar surface area (TPSA) is 83.6 Å². The number of carbonyl (C=O) groups excluding carboxylic acids is 2. The van der Waals surface area contributed by atoms with Crippen molar-refractivity contribution in [2.24, 2.45) is 0 Å². The van der Waals surface area contributed by atoms with Crippen molar-refractivity contribution in [3.05, 3.63) is 64.7 Å². The van der Waals surface area contributed by atoms with Crippen molar-refractivity contribution >= 4 is 33.4 Å². The first-order valence-corrected chi connectivity index (χ1v) is 9.89. The molecule has 8 heteroatoms. The molecule has 1 aliphatic rings. The molecule has 0 saturated carbocycles. The minimum atomic E-state index is -3.96. The van der Waals surface area contributed by atoms with Crippen molar-refractivity contribution in [2.75, 3.05) is 13.1 Å². The molecule has 3 rings (SSSR count). The van der Waals surface area contributed by atoms with Crippen molar-refractivity contribution in [2.45, 2.75) is 17.7 Å². The lowest BCUT2D eigenvalue weighted by molar-refractivity contribution is -0.121. The number of nitrogens with one attached hydrogen (secondary N) is 1. The van der Waals surface area contributed by atoms with Crippen LogP contribution in [0.5, 0.6) is 0 Å². The van der Waals surface area contributed by atoms with Crippen molar-refractivity contribution in [1.29, 1.82) is 0 Å². The smallest absolute Gasteiger partial charge is 0.269 e. The standard InChI is InChI=1S/C18H17ClN2O4S/c19-15-9-3-1-6-13(15)7-5-11-20-17(22)12-21-18(23)14-8-2-4-10-16(14)26(21,24)25/h1-4,6,8-10H,5,7,11-12H2,(H,20,22). The third-order valence-corrected chi connectivity index (χ3v) is 6.26. The first kappa shape index (κ1) is 18.4. The van der Waals surface area contributed by atoms with Crippen molar-refractivity contribution in [3.8, 4) is 0 Å². The molecule has 2 amide bonds. The molecule has 0 atom stereocenters. The molecule has 6 nitrogen and oxygen atoms in total. The molecule has 0 radical (unpaired) electrons. The molecule has 1 heterocycles. The van der Waals surface area contributed by atoms with Gasteiger partial charge in [0.25, 0.3) is 15.9 Å². The number of benzene rings is 2. The Balaban J connectivity index is 1.54. The molecule has 136 valence electrons. The quantitative estimate of drug-likeness (QED) is 0.764. The van der Waals surface area contributed by atoms with Gasteiger partial charge in [-0.2, -0.15) is 0 Å². The third kappa shape index (κ3) is 3.59. The summed E-state index contributed by atoms with van der Waals surface area (Å²) in [5.74, 6) is -1.19. The second kappa shape index (κ2) is 7.47. The maximum atomic E-state index is 12.4. The summed E-state index contributed by atoms with van der Waals surface area (Å²) in [6.45, 7) is -0.166. The van der Waals surface area contributed by atoms with Gasteiger partial charge in [-0.15, -0.1) is 0 Å². The highest BCUT2D eigenvalue weighted by molar-refractivity contribution is 7.90. The fourth-order valence-electron chi connectivity index (χ4n) is 2.78. The molecule has 2 aromatic rings. The van der Waals surface area contributed by atoms with Crippen LogP contribution in [0.3, 0.4) is 0 Å². The van der Waals surface area contributed by atoms with Gasteiger partial charge < -0.3 is 5.32 Å². The van der Waals surface area contributed by atoms with Crippen molar-refractivity contribution in [1.82, 2.24) is 9.62 Å². The lowest BCUT2D eigenvalue weighted by Gasteiger charge is -2.14. The molecule has 0 saturated heterocycles. The molecule has 2 aromatic carbocycles. The lowest BCUT2D eigenvalue weighted by Crippen LogP contribution is -2.40. The van der Waals surface area contributed by atoms with Crippen molar-refractivity contribution < 1.29 is 18.0 Å². The highest BCUT2D eigenvalue weighted by atomic mass is 35.5. The number of carbonyl (C=O) groups is 2. The Kier molecular flexibility index (Phi) is 5.29. The first-order valence-electron chi connectivity index (χ1n) is 8.07. The van der Waals surface area contributed by atoms with E-state index in [1.54, 1.807) is 18.2 Å². The van der Waals surface area contributed by atoms with Gasteiger partial charge >= 0.3 is 0 Å². The van der Waals surface area contributed by atoms with Gasteiger partial charge in [-0.3, -0.25) is 9.59 Å². The first-order chi connectivity index (χ1) is 12.4. The number of amides is 2. The maximum absolute atomic E-state index is 12.4. The van der Waals surface area contributed by atoms with Crippen LogP contribution in [-0.2, 0) is 21.2 Å². The van der Waals surface area contributed by atoms with Crippen LogP contribution < -0.4 is 5.32 Å². The number of sulfonamides is 1. The van der Waals surface area contributed by atoms with Crippen molar-refractivity contribution in [3.63, 3.8) is 0 Å². The Morgan fingerprint density at radius 3 is 2.50 bits per heavy atom. The fourth-order valence-corrected chi connectivity index (χ4v) is 4.54. The molecule has 1 N–H and O–H groups in total. The molecule has 1 aliphatic heterocycles. The predicted octanol–water partition coefficient (Wildman–Crippen LogP) is 2.23. The number of hydrogen-bond donors (Lipinski definition) is 1. The molecule has 0 aliphatic carbocycles. The highest BCUT2D eigenvalue weighted by Crippen LogP contribution is 2.29. The van der Waals surface area contributed by atoms with E-state index in [2.05, 4.69) is 5.32 Å². The van der Waals surface area contributed by atoms with E-state index in [1.807, 2.05) is 18.2 Å². The number of rotatable bonds is 6. The minimum absolute atomic E-state index is 0.0588. The molecule has 0 unspecified atom stereocenters. The fraction of sp³-hybridized carbons (Fsp3) is 0.222. The molecule has 0 aromatic heterocycles. The molecule has 26 heavy (non-hydrogen) atoms. The summed E-state index contributed by atoms with van der Waals surface area (Å²) in [5.41, 5.74) is 1.08. The zero-order chi connectivity index (χ0) is 18.7. The summed E-state index contributed by atoms with van der Waals surface area (Å²) in [5, 5.41) is 3.32. The van der Waals surface area contributed by atoms with Gasteiger partial charge in [0.1, 0.15) is 11.4 Å². The number of nitrogens with zero attached hydrogens (tertiary/aromatic N) is 1. The van der Waals surface area contributed by atoms with E-state index in [9.17, 15) is 18.0 Å². The number of fused-ring (bicyclic) bond motifs is 1. The van der Waals surface area contributed by atoms with E-state index < -0.39 is 28.4 Å². The lowest BCUT2D eigenvalue weighted by atomic mass is 10.1. The van der Waals surface area contributed by atoms with E-state index in [0.717, 1.165) is 5.56 Å². The monoisotopic (exact) mass is 392 g/mol. The Morgan fingerprint density at radius 2 is 1.77 bits per heavy atom. The largest absolute Gasteiger partial charge is 0.355 e. The molecular weight excluding hydrogens is 376 g/mol. The van der Waals surface area contributed by atoms with Gasteiger partial charge in [0, 0.05) is 11.6 Å². The van der Waals surface area contributed by atoms with E-state index >= 15 is 0 Å². The summed E-state index contributed by atoms with van der Waals surface area (Å²) in [4.78, 5) is 24.3. The van der Waals surface area contributed by atoms with Crippen LogP contribution in [0, 0.1) is 0 Å². The van der Waals surface area contributed by atoms with Gasteiger partial charge in [-0.05, 0) is 36.6 Å². The molecule has 0 bridgehead atoms. The van der Waals surface area contributed by atoms with E-state index in [4.69, 9.17) is 11.6 Å². The summed E-state index contributed by atoms with van der Waals surface area (Å²) in [7, 11) is -3.96. The minimum Gasteiger partial charge on any atom is -0.355 e. The zero-order valence-corrected chi connectivity index (χ0v) is 15.4. The summed E-state index contributed by atoms with van der Waals surface area (Å²) in [6.07, 6.45) is 1.34. The van der Waals surface area contributed by atoms with Gasteiger partial charge in [-0.25, -0.2) is 12.7 Å². The van der Waals surface area contributed by atoms with Gasteiger partial charge in [0.05, 0.1) is 5.56 Å². The van der Waals surface area contributed by atoms with Crippen LogP contribution in [0.1, 0.15) is 22.3 Å². The van der Waals surface area contributed by atoms with E-state index in [-0.39, 0.29) is 10.5 Å². The Labute approximate surface area is 156 Å². The van der Waals surface area contributed by atoms with Crippen LogP contribution in [0.25, 0.3) is 0 Å². The number of halogens is 1. The Morgan fingerprint density at radius 1 is 1.08 bits per heavy atom. The van der Waals surface area contributed by atoms with Gasteiger partial charge in [0.2, 0.25) is 5.91 Å². The van der Waals surface area contributed by atoms with Crippen LogP contribution in [0.2, 0.25) is 5.02 Å². The summed E-state index contributed by atoms with van der Waals surface area (Å²) >= 11 is 6.07. The van der Waals surface area contributed by atoms with Gasteiger partial charge in [0.15, 0.2) is 0 Å². The maximum Gasteiger partial charge on any atom is 0.269 e. The van der Waals surface area contributed by atoms with Crippen LogP contribution >= 0.6 is 11.6 Å². The van der Waals surface area contributed by atoms with Crippen LogP contribution in [0.15, 0.2) is 53.4 Å². The Hall–Kier alpha value is -2.38. The number of aryl methyl sites for hydroxylation is 1. The second-order valence-electron chi connectivity index (χ2n) is 5.86. The normalized spacial score (nSPS) is 15.0. The summed E-state index contributed by atoms with van der Waals surface area (Å²) in [6, 6.07) is 13.4. The molecular formula is C18H17ClN2O4S. The summed E-state index contributed by atoms with van der Waals surface area (Å²) < 4.78 is 25.4.